The number of halogens is 1. The average molecular weight is 430 g/mol. The molecule has 0 saturated heterocycles. The number of carbonyl (C=O) groups excluding carboxylic acids is 1. The van der Waals surface area contributed by atoms with Gasteiger partial charge in [0.25, 0.3) is 0 Å². The molecule has 0 fully saturated rings. The lowest BCUT2D eigenvalue weighted by molar-refractivity contribution is 0.262. The van der Waals surface area contributed by atoms with E-state index in [4.69, 9.17) is 11.6 Å². The first-order valence-corrected chi connectivity index (χ1v) is 10.5. The molecule has 0 spiro atoms. The summed E-state index contributed by atoms with van der Waals surface area (Å²) in [5, 5.41) is 7.55. The zero-order valence-electron chi connectivity index (χ0n) is 18.0. The maximum absolute atomic E-state index is 12.9. The molecule has 0 unspecified atom stereocenters. The van der Waals surface area contributed by atoms with Gasteiger partial charge in [-0.05, 0) is 56.5 Å². The summed E-state index contributed by atoms with van der Waals surface area (Å²) >= 11 is 6.57. The second kappa shape index (κ2) is 8.40. The third kappa shape index (κ3) is 4.12. The number of aromatic nitrogens is 1. The molecule has 5 heteroatoms. The summed E-state index contributed by atoms with van der Waals surface area (Å²) in [5.74, 6) is 0. The van der Waals surface area contributed by atoms with Gasteiger partial charge in [0.1, 0.15) is 0 Å². The molecule has 0 radical (unpaired) electrons. The van der Waals surface area contributed by atoms with Gasteiger partial charge in [0, 0.05) is 27.2 Å². The van der Waals surface area contributed by atoms with E-state index in [0.29, 0.717) is 10.7 Å². The van der Waals surface area contributed by atoms with Crippen LogP contribution in [0.3, 0.4) is 0 Å². The third-order valence-corrected chi connectivity index (χ3v) is 5.75. The maximum atomic E-state index is 12.9. The molecule has 1 aromatic heterocycles. The molecule has 0 aliphatic heterocycles. The van der Waals surface area contributed by atoms with Crippen LogP contribution in [-0.4, -0.2) is 11.0 Å². The van der Waals surface area contributed by atoms with Crippen molar-refractivity contribution >= 4 is 39.9 Å². The van der Waals surface area contributed by atoms with E-state index in [1.807, 2.05) is 63.2 Å². The van der Waals surface area contributed by atoms with Crippen LogP contribution in [0.1, 0.15) is 22.3 Å². The summed E-state index contributed by atoms with van der Waals surface area (Å²) in [6, 6.07) is 17.4. The maximum Gasteiger partial charge on any atom is 0.323 e. The van der Waals surface area contributed by atoms with Crippen molar-refractivity contribution in [2.75, 3.05) is 10.6 Å². The molecule has 4 rings (SSSR count). The molecule has 31 heavy (non-hydrogen) atoms. The molecule has 3 aromatic carbocycles. The van der Waals surface area contributed by atoms with Crippen LogP contribution in [0.15, 0.2) is 60.8 Å². The van der Waals surface area contributed by atoms with E-state index in [2.05, 4.69) is 34.7 Å². The van der Waals surface area contributed by atoms with E-state index >= 15 is 0 Å². The first kappa shape index (κ1) is 20.9. The van der Waals surface area contributed by atoms with Crippen LogP contribution in [-0.2, 0) is 0 Å². The largest absolute Gasteiger partial charge is 0.323 e. The number of nitrogens with zero attached hydrogens (tertiary/aromatic N) is 1. The number of amides is 2. The number of rotatable bonds is 3. The Morgan fingerprint density at radius 1 is 0.871 bits per heavy atom. The molecule has 0 bridgehead atoms. The Hall–Kier alpha value is -3.37. The highest BCUT2D eigenvalue weighted by atomic mass is 35.5. The minimum absolute atomic E-state index is 0.323. The molecule has 2 amide bonds. The van der Waals surface area contributed by atoms with E-state index in [0.717, 1.165) is 50.0 Å². The van der Waals surface area contributed by atoms with Gasteiger partial charge < -0.3 is 10.6 Å². The van der Waals surface area contributed by atoms with Gasteiger partial charge in [-0.15, -0.1) is 0 Å². The minimum Gasteiger partial charge on any atom is -0.307 e. The van der Waals surface area contributed by atoms with Crippen molar-refractivity contribution in [3.63, 3.8) is 0 Å². The number of benzene rings is 3. The highest BCUT2D eigenvalue weighted by molar-refractivity contribution is 6.34. The number of fused-ring (bicyclic) bond motifs is 1. The Balaban J connectivity index is 1.83. The van der Waals surface area contributed by atoms with Gasteiger partial charge in [0.15, 0.2) is 0 Å². The van der Waals surface area contributed by atoms with Crippen molar-refractivity contribution in [2.45, 2.75) is 27.7 Å². The number of urea groups is 1. The van der Waals surface area contributed by atoms with Crippen molar-refractivity contribution in [3.8, 4) is 11.1 Å². The molecular formula is C26H24ClN3O. The molecular weight excluding hydrogens is 406 g/mol. The number of aryl methyl sites for hydroxylation is 4. The molecule has 0 aliphatic carbocycles. The molecule has 0 aliphatic rings. The Morgan fingerprint density at radius 3 is 2.29 bits per heavy atom. The van der Waals surface area contributed by atoms with Crippen LogP contribution in [0, 0.1) is 27.7 Å². The van der Waals surface area contributed by atoms with Gasteiger partial charge in [0.05, 0.1) is 17.4 Å². The van der Waals surface area contributed by atoms with Crippen LogP contribution in [0.4, 0.5) is 16.2 Å². The Bertz CT molecular complexity index is 1290. The quantitative estimate of drug-likeness (QED) is 0.355. The van der Waals surface area contributed by atoms with Crippen molar-refractivity contribution in [1.29, 1.82) is 0 Å². The van der Waals surface area contributed by atoms with Crippen molar-refractivity contribution in [3.05, 3.63) is 88.1 Å². The van der Waals surface area contributed by atoms with Crippen LogP contribution in [0.2, 0.25) is 5.02 Å². The molecule has 0 saturated carbocycles. The predicted molar refractivity (Wildman–Crippen MR) is 130 cm³/mol. The third-order valence-electron chi connectivity index (χ3n) is 5.42. The zero-order chi connectivity index (χ0) is 22.1. The number of para-hydroxylation sites is 1. The summed E-state index contributed by atoms with van der Waals surface area (Å²) in [6.45, 7) is 8.04. The average Bonchev–Trinajstić information content (AvgIpc) is 2.71. The van der Waals surface area contributed by atoms with Crippen LogP contribution >= 0.6 is 11.6 Å². The van der Waals surface area contributed by atoms with Gasteiger partial charge in [-0.25, -0.2) is 4.79 Å². The van der Waals surface area contributed by atoms with E-state index < -0.39 is 0 Å². The molecule has 4 nitrogen and oxygen atoms in total. The van der Waals surface area contributed by atoms with Gasteiger partial charge in [0.2, 0.25) is 0 Å². The second-order valence-corrected chi connectivity index (χ2v) is 8.26. The predicted octanol–water partition coefficient (Wildman–Crippen LogP) is 7.43. The second-order valence-electron chi connectivity index (χ2n) is 7.85. The fraction of sp³-hybridized carbons (Fsp3) is 0.154. The van der Waals surface area contributed by atoms with Crippen molar-refractivity contribution < 1.29 is 4.79 Å². The fourth-order valence-electron chi connectivity index (χ4n) is 3.99. The first-order chi connectivity index (χ1) is 14.8. The molecule has 0 atom stereocenters. The molecule has 4 aromatic rings. The smallest absolute Gasteiger partial charge is 0.307 e. The molecule has 156 valence electrons. The van der Waals surface area contributed by atoms with Gasteiger partial charge in [-0.2, -0.15) is 0 Å². The lowest BCUT2D eigenvalue weighted by Crippen LogP contribution is -2.21. The van der Waals surface area contributed by atoms with Crippen LogP contribution in [0.25, 0.3) is 22.0 Å². The summed E-state index contributed by atoms with van der Waals surface area (Å²) in [5.41, 5.74) is 8.22. The summed E-state index contributed by atoms with van der Waals surface area (Å²) in [4.78, 5) is 17.6. The Morgan fingerprint density at radius 2 is 1.58 bits per heavy atom. The van der Waals surface area contributed by atoms with Crippen molar-refractivity contribution in [2.24, 2.45) is 0 Å². The number of carbonyl (C=O) groups is 1. The van der Waals surface area contributed by atoms with Crippen LogP contribution < -0.4 is 10.6 Å². The topological polar surface area (TPSA) is 54.0 Å². The lowest BCUT2D eigenvalue weighted by Gasteiger charge is -2.18. The van der Waals surface area contributed by atoms with E-state index in [1.165, 1.54) is 0 Å². The minimum atomic E-state index is -0.323. The van der Waals surface area contributed by atoms with Gasteiger partial charge in [-0.1, -0.05) is 59.6 Å². The number of nitrogens with one attached hydrogen (secondary N) is 2. The molecule has 2 N–H and O–H groups in total. The van der Waals surface area contributed by atoms with E-state index in [9.17, 15) is 4.79 Å². The first-order valence-electron chi connectivity index (χ1n) is 10.1. The fourth-order valence-corrected chi connectivity index (χ4v) is 4.22. The zero-order valence-corrected chi connectivity index (χ0v) is 18.8. The van der Waals surface area contributed by atoms with Gasteiger partial charge in [-0.3, -0.25) is 4.98 Å². The van der Waals surface area contributed by atoms with E-state index in [-0.39, 0.29) is 6.03 Å². The normalized spacial score (nSPS) is 10.9. The number of anilines is 2. The number of hydrogen-bond donors (Lipinski definition) is 2. The Kier molecular flexibility index (Phi) is 5.66. The van der Waals surface area contributed by atoms with Crippen molar-refractivity contribution in [1.82, 2.24) is 4.98 Å². The Labute approximate surface area is 187 Å². The summed E-state index contributed by atoms with van der Waals surface area (Å²) in [6.07, 6.45) is 1.70. The number of hydrogen-bond acceptors (Lipinski definition) is 2. The summed E-state index contributed by atoms with van der Waals surface area (Å²) in [7, 11) is 0. The lowest BCUT2D eigenvalue weighted by atomic mass is 9.96. The highest BCUT2D eigenvalue weighted by Gasteiger charge is 2.17. The summed E-state index contributed by atoms with van der Waals surface area (Å²) < 4.78 is 0. The number of pyridine rings is 1. The van der Waals surface area contributed by atoms with Crippen LogP contribution in [0.5, 0.6) is 0 Å². The standard InChI is InChI=1S/C26H24ClN3O/c1-15-12-18(4)25-20(13-15)23(19-10-5-6-11-21(19)27)22(14-28-25)29-26(31)30-24-16(2)8-7-9-17(24)3/h5-14H,1-4H3,(H2,29,30,31). The highest BCUT2D eigenvalue weighted by Crippen LogP contribution is 2.39. The monoisotopic (exact) mass is 429 g/mol. The van der Waals surface area contributed by atoms with E-state index in [1.54, 1.807) is 6.20 Å². The molecule has 1 heterocycles. The SMILES string of the molecule is Cc1cc(C)c2ncc(NC(=O)Nc3c(C)cccc3C)c(-c3ccccc3Cl)c2c1. The van der Waals surface area contributed by atoms with Gasteiger partial charge >= 0.3 is 6.03 Å².